The monoisotopic (exact) mass is 2610 g/mol. The van der Waals surface area contributed by atoms with Crippen LogP contribution >= 0.6 is 20.4 Å². The molecule has 0 amide bonds. The number of para-hydroxylation sites is 2. The van der Waals surface area contributed by atoms with Gasteiger partial charge in [0, 0.05) is 172 Å². The average molecular weight is 2610 g/mol. The topological polar surface area (TPSA) is 256 Å². The van der Waals surface area contributed by atoms with E-state index in [9.17, 15) is 67.2 Å². The van der Waals surface area contributed by atoms with E-state index in [1.165, 1.54) is 140 Å². The second kappa shape index (κ2) is 53.1. The van der Waals surface area contributed by atoms with Crippen LogP contribution in [0, 0.1) is 36.1 Å². The van der Waals surface area contributed by atoms with Gasteiger partial charge in [0.25, 0.3) is 20.4 Å². The van der Waals surface area contributed by atoms with Gasteiger partial charge in [-0.25, -0.2) is 0 Å². The van der Waals surface area contributed by atoms with Crippen molar-refractivity contribution < 1.29 is 193 Å². The Morgan fingerprint density at radius 2 is 0.777 bits per heavy atom. The molecule has 0 spiro atoms. The average Bonchev–Trinajstić information content (AvgIpc) is 1.25. The Kier molecular flexibility index (Phi) is 50.6. The zero-order valence-electron chi connectivity index (χ0n) is 65.8. The van der Waals surface area contributed by atoms with E-state index < -0.39 is 30.2 Å². The van der Waals surface area contributed by atoms with Crippen LogP contribution in [0.1, 0.15) is 80.5 Å². The summed E-state index contributed by atoms with van der Waals surface area (Å²) >= 11 is 0. The van der Waals surface area contributed by atoms with E-state index in [4.69, 9.17) is 25.5 Å². The minimum Gasteiger partial charge on any atom is -0.512 e. The summed E-state index contributed by atoms with van der Waals surface area (Å²) in [7, 11) is -19.2. The zero-order chi connectivity index (χ0) is 87.0. The number of fused-ring (bicyclic) bond motifs is 2. The third-order valence-electron chi connectivity index (χ3n) is 13.3. The summed E-state index contributed by atoms with van der Waals surface area (Å²) in [5, 5.41) is 47.8. The number of halogens is 11. The molecule has 0 aliphatic heterocycles. The Hall–Kier alpha value is -9.90. The van der Waals surface area contributed by atoms with Gasteiger partial charge in [0.2, 0.25) is 0 Å². The number of aliphatic hydroxyl groups is 5. The van der Waals surface area contributed by atoms with Gasteiger partial charge in [-0.1, -0.05) is 84.4 Å². The molecule has 0 atom stereocenters. The largest absolute Gasteiger partial charge is 0.512 e. The summed E-state index contributed by atoms with van der Waals surface area (Å²) in [4.78, 5) is 63.4. The van der Waals surface area contributed by atoms with Crippen molar-refractivity contribution in [2.24, 2.45) is 0 Å². The Labute approximate surface area is 762 Å². The SMILES string of the molecule is CC(=O)C=C(C)O.CC(=O)C=C(C)O.CC(=O)C=C(C)O.CC(=O)C=C(C)O.CC(=O)C=C(C)O.FS(F)(F)(F)(F)c1c[c-]c(-c2ccccn2)cc1.FS(F)(F)(F)(F)c1c[c-]c(-n2cccn2)cc1.Fc1ccc[c-]c1-c1ccc2ccccc2n1.[Ir].[Ir].[Ir].[Ir].[Ir].[c-]1ccccc1-c1ccc2ccccc2n1.[c-]1ccccc1Cc1ccccn1. The molecule has 0 aliphatic carbocycles. The fourth-order valence-electron chi connectivity index (χ4n) is 8.82. The van der Waals surface area contributed by atoms with Gasteiger partial charge in [0.15, 0.2) is 28.9 Å². The maximum Gasteiger partial charge on any atom is 0.283 e. The molecule has 5 aromatic heterocycles. The van der Waals surface area contributed by atoms with Crippen molar-refractivity contribution in [3.05, 3.63) is 350 Å². The first-order chi connectivity index (χ1) is 54.0. The predicted molar refractivity (Wildman–Crippen MR) is 433 cm³/mol. The number of carbonyl (C=O) groups excluding carboxylic acids is 5. The standard InChI is InChI=1S/C15H9FN.C15H10N.C12H10N.C11H7F5NS.C9H6F5N2S.5C5H8O2.5Ir/c16-13-7-3-2-6-12(13)15-10-9-11-5-1-4-8-14(11)17-15;1-2-6-12(7-3-1)15-11-10-13-8-4-5-9-14(13)16-15;1-2-6-11(7-3-1)10-12-8-4-5-9-13-12;12-18(13,14,15,16)10-6-4-9(5-7-10)11-3-1-2-8-17-11;10-17(11,12,13,14)9-4-2-8(3-5-9)16-7-1-6-15-16;5*1-4(6)3-5(2)7;;;;;/h1-5,7-10H;1-6,8-11H;1-6,8-9H,10H2;1-4,6-8H;1-2,4-7H;5*3,6H,1-2H3;;;;;/q5*-1;;;;;;;;;;. The van der Waals surface area contributed by atoms with Crippen molar-refractivity contribution in [1.82, 2.24) is 29.7 Å². The Bertz CT molecular complexity index is 5140. The van der Waals surface area contributed by atoms with Gasteiger partial charge in [0.05, 0.1) is 39.8 Å². The third-order valence-corrected chi connectivity index (χ3v) is 15.6. The summed E-state index contributed by atoms with van der Waals surface area (Å²) in [6, 6.07) is 73.3. The van der Waals surface area contributed by atoms with Crippen molar-refractivity contribution in [1.29, 1.82) is 0 Å². The van der Waals surface area contributed by atoms with Crippen molar-refractivity contribution in [2.75, 3.05) is 0 Å². The van der Waals surface area contributed by atoms with Crippen LogP contribution in [0.2, 0.25) is 0 Å². The molecular formula is C87H82F11Ir5N6O10S2-5. The van der Waals surface area contributed by atoms with Crippen LogP contribution < -0.4 is 0 Å². The first kappa shape index (κ1) is 115. The van der Waals surface area contributed by atoms with Crippen LogP contribution in [0.3, 0.4) is 0 Å². The van der Waals surface area contributed by atoms with Crippen LogP contribution in [0.5, 0.6) is 0 Å². The van der Waals surface area contributed by atoms with Gasteiger partial charge in [0.1, 0.15) is 0 Å². The molecule has 12 rings (SSSR count). The number of hydrogen-bond acceptors (Lipinski definition) is 15. The number of allylic oxidation sites excluding steroid dienone is 10. The van der Waals surface area contributed by atoms with Gasteiger partial charge in [-0.05, 0) is 150 Å². The fraction of sp³-hybridized carbons (Fsp3) is 0.126. The summed E-state index contributed by atoms with van der Waals surface area (Å²) in [6.45, 7) is 14.2. The molecule has 5 N–H and O–H groups in total. The summed E-state index contributed by atoms with van der Waals surface area (Å²) < 4.78 is 139. The maximum absolute atomic E-state index is 13.6. The van der Waals surface area contributed by atoms with E-state index in [0.29, 0.717) is 29.1 Å². The molecule has 34 heteroatoms. The number of hydrogen-bond donors (Lipinski definition) is 5. The molecule has 0 unspecified atom stereocenters. The van der Waals surface area contributed by atoms with Gasteiger partial charge >= 0.3 is 0 Å². The zero-order valence-corrected chi connectivity index (χ0v) is 79.4. The molecule has 16 nitrogen and oxygen atoms in total. The Morgan fingerprint density at radius 3 is 1.13 bits per heavy atom. The molecule has 0 bridgehead atoms. The third kappa shape index (κ3) is 50.2. The Balaban J connectivity index is -0.00000130. The van der Waals surface area contributed by atoms with E-state index >= 15 is 0 Å². The number of aliphatic hydroxyl groups excluding tert-OH is 5. The van der Waals surface area contributed by atoms with E-state index in [1.54, 1.807) is 36.4 Å². The van der Waals surface area contributed by atoms with Gasteiger partial charge in [-0.2, -0.15) is 53.1 Å². The van der Waals surface area contributed by atoms with Gasteiger partial charge < -0.3 is 30.5 Å². The summed E-state index contributed by atoms with van der Waals surface area (Å²) in [5.41, 5.74) is 7.94. The normalized spacial score (nSPS) is 11.9. The van der Waals surface area contributed by atoms with Crippen LogP contribution in [0.25, 0.3) is 61.3 Å². The summed E-state index contributed by atoms with van der Waals surface area (Å²) in [5.74, 6) is -0.609. The Morgan fingerprint density at radius 1 is 0.372 bits per heavy atom. The smallest absolute Gasteiger partial charge is 0.283 e. The number of nitrogens with zero attached hydrogens (tertiary/aromatic N) is 6. The summed E-state index contributed by atoms with van der Waals surface area (Å²) in [6.07, 6.45) is 12.8. The molecule has 0 saturated heterocycles. The van der Waals surface area contributed by atoms with Crippen LogP contribution in [-0.2, 0) is 131 Å². The fourth-order valence-corrected chi connectivity index (χ4v) is 10.0. The molecule has 659 valence electrons. The number of aromatic nitrogens is 6. The molecule has 0 aliphatic rings. The van der Waals surface area contributed by atoms with E-state index in [0.717, 1.165) is 51.9 Å². The van der Waals surface area contributed by atoms with Crippen molar-refractivity contribution in [3.8, 4) is 39.5 Å². The second-order valence-electron chi connectivity index (χ2n) is 24.3. The first-order valence-electron chi connectivity index (χ1n) is 34.0. The number of ketones is 5. The molecule has 121 heavy (non-hydrogen) atoms. The van der Waals surface area contributed by atoms with E-state index in [1.807, 2.05) is 128 Å². The number of carbonyl (C=O) groups is 5. The predicted octanol–water partition coefficient (Wildman–Crippen LogP) is 24.7. The first-order valence-corrected chi connectivity index (χ1v) is 37.9. The minimum absolute atomic E-state index is 0. The van der Waals surface area contributed by atoms with E-state index in [-0.39, 0.29) is 187 Å². The molecule has 5 heterocycles. The number of pyridine rings is 4. The molecule has 5 radical (unpaired) electrons. The van der Waals surface area contributed by atoms with Crippen molar-refractivity contribution in [2.45, 2.75) is 85.4 Å². The van der Waals surface area contributed by atoms with Crippen molar-refractivity contribution >= 4 is 71.2 Å². The molecule has 0 saturated carbocycles. The number of rotatable bonds is 13. The minimum atomic E-state index is -9.61. The van der Waals surface area contributed by atoms with Crippen LogP contribution in [0.4, 0.5) is 43.2 Å². The van der Waals surface area contributed by atoms with Crippen LogP contribution in [-0.4, -0.2) is 84.2 Å². The van der Waals surface area contributed by atoms with Gasteiger partial charge in [-0.15, -0.1) is 141 Å². The quantitative estimate of drug-likeness (QED) is 0.0311. The molecular weight excluding hydrogens is 2520 g/mol. The van der Waals surface area contributed by atoms with Gasteiger partial charge in [-0.3, -0.25) is 48.0 Å². The number of benzene rings is 7. The maximum atomic E-state index is 13.6. The van der Waals surface area contributed by atoms with Crippen molar-refractivity contribution in [3.63, 3.8) is 0 Å². The molecule has 7 aromatic carbocycles. The second-order valence-corrected chi connectivity index (χ2v) is 29.1. The van der Waals surface area contributed by atoms with Crippen LogP contribution in [0.15, 0.2) is 312 Å². The van der Waals surface area contributed by atoms with E-state index in [2.05, 4.69) is 73.6 Å². The molecule has 12 aromatic rings. The molecule has 0 fully saturated rings.